The lowest BCUT2D eigenvalue weighted by Gasteiger charge is -2.24. The van der Waals surface area contributed by atoms with Crippen LogP contribution in [0.25, 0.3) is 17.3 Å². The first-order chi connectivity index (χ1) is 12.7. The van der Waals surface area contributed by atoms with Gasteiger partial charge in [-0.1, -0.05) is 42.5 Å². The Kier molecular flexibility index (Phi) is 3.47. The van der Waals surface area contributed by atoms with Gasteiger partial charge in [-0.15, -0.1) is 0 Å². The molecular weight excluding hydrogens is 320 g/mol. The molecule has 2 heterocycles. The van der Waals surface area contributed by atoms with Crippen molar-refractivity contribution in [3.8, 4) is 11.3 Å². The Morgan fingerprint density at radius 1 is 0.962 bits per heavy atom. The quantitative estimate of drug-likeness (QED) is 0.576. The normalized spacial score (nSPS) is 16.2. The average Bonchev–Trinajstić information content (AvgIpc) is 3.01. The van der Waals surface area contributed by atoms with Crippen molar-refractivity contribution in [1.82, 2.24) is 14.9 Å². The molecule has 1 aromatic heterocycles. The fourth-order valence-electron chi connectivity index (χ4n) is 3.89. The van der Waals surface area contributed by atoms with Crippen LogP contribution in [-0.2, 0) is 0 Å². The summed E-state index contributed by atoms with van der Waals surface area (Å²) in [5.74, 6) is 0.255. The lowest BCUT2D eigenvalue weighted by atomic mass is 9.84. The van der Waals surface area contributed by atoms with Gasteiger partial charge in [0.05, 0.1) is 16.7 Å². The van der Waals surface area contributed by atoms with Gasteiger partial charge in [0.2, 0.25) is 0 Å². The van der Waals surface area contributed by atoms with Gasteiger partial charge in [0.1, 0.15) is 5.69 Å². The van der Waals surface area contributed by atoms with E-state index < -0.39 is 0 Å². The second-order valence-electron chi connectivity index (χ2n) is 7.21. The van der Waals surface area contributed by atoms with E-state index in [1.807, 2.05) is 18.2 Å². The number of hydrogen-bond donors (Lipinski definition) is 0. The van der Waals surface area contributed by atoms with Crippen LogP contribution in [0.2, 0.25) is 0 Å². The van der Waals surface area contributed by atoms with Crippen molar-refractivity contribution in [2.45, 2.75) is 12.3 Å². The molecule has 0 fully saturated rings. The first-order valence-corrected chi connectivity index (χ1v) is 9.02. The third kappa shape index (κ3) is 2.37. The number of nitrogens with zero attached hydrogens (tertiary/aromatic N) is 4. The molecule has 1 aliphatic carbocycles. The SMILES string of the molecule is CN(C)CCC1c2ccccc2C=c2nc3c(nc21)=Nc1ccccc1-3. The summed E-state index contributed by atoms with van der Waals surface area (Å²) in [6.07, 6.45) is 3.19. The van der Waals surface area contributed by atoms with Gasteiger partial charge in [0.25, 0.3) is 0 Å². The molecule has 0 spiro atoms. The summed E-state index contributed by atoms with van der Waals surface area (Å²) in [6.45, 7) is 1.01. The van der Waals surface area contributed by atoms with Gasteiger partial charge in [-0.05, 0) is 50.3 Å². The van der Waals surface area contributed by atoms with Crippen LogP contribution in [0.1, 0.15) is 29.2 Å². The van der Waals surface area contributed by atoms with Crippen molar-refractivity contribution in [3.63, 3.8) is 0 Å². The molecular formula is C22H20N4. The minimum Gasteiger partial charge on any atom is -0.309 e. The molecule has 4 nitrogen and oxygen atoms in total. The van der Waals surface area contributed by atoms with Gasteiger partial charge in [-0.2, -0.15) is 0 Å². The van der Waals surface area contributed by atoms with Crippen molar-refractivity contribution in [2.75, 3.05) is 20.6 Å². The molecule has 128 valence electrons. The average molecular weight is 340 g/mol. The second-order valence-corrected chi connectivity index (χ2v) is 7.21. The number of fused-ring (bicyclic) bond motifs is 5. The summed E-state index contributed by atoms with van der Waals surface area (Å²) in [5, 5.41) is 0.984. The molecule has 1 aliphatic heterocycles. The summed E-state index contributed by atoms with van der Waals surface area (Å²) in [6, 6.07) is 16.7. The Morgan fingerprint density at radius 3 is 2.65 bits per heavy atom. The second kappa shape index (κ2) is 5.85. The van der Waals surface area contributed by atoms with E-state index in [4.69, 9.17) is 15.0 Å². The summed E-state index contributed by atoms with van der Waals surface area (Å²) < 4.78 is 0. The minimum absolute atomic E-state index is 0.255. The highest BCUT2D eigenvalue weighted by atomic mass is 15.0. The maximum atomic E-state index is 4.99. The topological polar surface area (TPSA) is 41.4 Å². The molecule has 0 radical (unpaired) electrons. The van der Waals surface area contributed by atoms with Gasteiger partial charge in [0, 0.05) is 11.5 Å². The van der Waals surface area contributed by atoms with E-state index in [-0.39, 0.29) is 5.92 Å². The standard InChI is InChI=1S/C22H20N4/c1-26(2)12-11-16-15-8-4-3-7-14(15)13-19-20(16)25-22-21(23-19)17-9-5-6-10-18(17)24-22/h3-10,13,16H,11-12H2,1-2H3. The molecule has 3 aromatic rings. The van der Waals surface area contributed by atoms with Gasteiger partial charge >= 0.3 is 0 Å². The van der Waals surface area contributed by atoms with E-state index in [9.17, 15) is 0 Å². The number of benzene rings is 2. The fourth-order valence-corrected chi connectivity index (χ4v) is 3.89. The van der Waals surface area contributed by atoms with E-state index in [0.717, 1.165) is 46.4 Å². The third-order valence-electron chi connectivity index (χ3n) is 5.18. The summed E-state index contributed by atoms with van der Waals surface area (Å²) in [4.78, 5) is 16.9. The molecule has 0 saturated heterocycles. The van der Waals surface area contributed by atoms with Crippen LogP contribution in [0.4, 0.5) is 5.69 Å². The zero-order chi connectivity index (χ0) is 17.7. The van der Waals surface area contributed by atoms with Crippen molar-refractivity contribution >= 4 is 11.8 Å². The lowest BCUT2D eigenvalue weighted by Crippen LogP contribution is -2.32. The van der Waals surface area contributed by atoms with E-state index in [0.29, 0.717) is 0 Å². The molecule has 0 bridgehead atoms. The molecule has 4 heteroatoms. The van der Waals surface area contributed by atoms with Crippen molar-refractivity contribution < 1.29 is 0 Å². The molecule has 0 amide bonds. The highest BCUT2D eigenvalue weighted by Crippen LogP contribution is 2.33. The van der Waals surface area contributed by atoms with Gasteiger partial charge < -0.3 is 4.90 Å². The largest absolute Gasteiger partial charge is 0.309 e. The molecule has 1 atom stereocenters. The van der Waals surface area contributed by atoms with Crippen LogP contribution in [-0.4, -0.2) is 35.5 Å². The Hall–Kier alpha value is -2.85. The van der Waals surface area contributed by atoms with Gasteiger partial charge in [-0.3, -0.25) is 0 Å². The summed E-state index contributed by atoms with van der Waals surface area (Å²) in [5.41, 5.74) is 7.35. The van der Waals surface area contributed by atoms with Crippen LogP contribution < -0.4 is 10.8 Å². The zero-order valence-electron chi connectivity index (χ0n) is 15.0. The number of aromatic nitrogens is 2. The molecule has 2 aliphatic rings. The summed E-state index contributed by atoms with van der Waals surface area (Å²) in [7, 11) is 4.23. The smallest absolute Gasteiger partial charge is 0.179 e. The van der Waals surface area contributed by atoms with Crippen LogP contribution in [0, 0.1) is 0 Å². The van der Waals surface area contributed by atoms with Crippen molar-refractivity contribution in [2.24, 2.45) is 4.99 Å². The highest BCUT2D eigenvalue weighted by molar-refractivity contribution is 5.76. The molecule has 0 N–H and O–H groups in total. The zero-order valence-corrected chi connectivity index (χ0v) is 15.0. The van der Waals surface area contributed by atoms with Crippen LogP contribution >= 0.6 is 0 Å². The van der Waals surface area contributed by atoms with Crippen LogP contribution in [0.15, 0.2) is 53.5 Å². The molecule has 2 aromatic carbocycles. The summed E-state index contributed by atoms with van der Waals surface area (Å²) >= 11 is 0. The number of para-hydroxylation sites is 1. The van der Waals surface area contributed by atoms with E-state index in [1.165, 1.54) is 11.1 Å². The van der Waals surface area contributed by atoms with Crippen molar-refractivity contribution in [1.29, 1.82) is 0 Å². The Labute approximate surface area is 152 Å². The third-order valence-corrected chi connectivity index (χ3v) is 5.18. The predicted octanol–water partition coefficient (Wildman–Crippen LogP) is 2.63. The Bertz CT molecular complexity index is 1130. The Morgan fingerprint density at radius 2 is 1.77 bits per heavy atom. The number of rotatable bonds is 3. The first-order valence-electron chi connectivity index (χ1n) is 9.02. The van der Waals surface area contributed by atoms with Gasteiger partial charge in [0.15, 0.2) is 5.49 Å². The monoisotopic (exact) mass is 340 g/mol. The minimum atomic E-state index is 0.255. The Balaban J connectivity index is 1.73. The maximum absolute atomic E-state index is 4.99. The molecule has 1 unspecified atom stereocenters. The lowest BCUT2D eigenvalue weighted by molar-refractivity contribution is 0.388. The molecule has 0 saturated carbocycles. The van der Waals surface area contributed by atoms with E-state index >= 15 is 0 Å². The van der Waals surface area contributed by atoms with Crippen LogP contribution in [0.5, 0.6) is 0 Å². The maximum Gasteiger partial charge on any atom is 0.179 e. The number of hydrogen-bond acceptors (Lipinski definition) is 4. The van der Waals surface area contributed by atoms with E-state index in [2.05, 4.69) is 55.4 Å². The van der Waals surface area contributed by atoms with Gasteiger partial charge in [-0.25, -0.2) is 15.0 Å². The highest BCUT2D eigenvalue weighted by Gasteiger charge is 2.26. The van der Waals surface area contributed by atoms with Crippen molar-refractivity contribution in [3.05, 3.63) is 76.2 Å². The molecule has 5 rings (SSSR count). The first kappa shape index (κ1) is 15.4. The van der Waals surface area contributed by atoms with E-state index in [1.54, 1.807) is 0 Å². The predicted molar refractivity (Wildman–Crippen MR) is 103 cm³/mol. The van der Waals surface area contributed by atoms with Crippen LogP contribution in [0.3, 0.4) is 0 Å². The fraction of sp³-hybridized carbons (Fsp3) is 0.227. The molecule has 26 heavy (non-hydrogen) atoms.